The molecule has 9 heteroatoms. The first kappa shape index (κ1) is 20.0. The molecule has 1 aliphatic rings. The van der Waals surface area contributed by atoms with Crippen molar-refractivity contribution in [3.8, 4) is 0 Å². The van der Waals surface area contributed by atoms with Crippen molar-refractivity contribution in [3.05, 3.63) is 69.0 Å². The molecule has 0 bridgehead atoms. The van der Waals surface area contributed by atoms with E-state index in [9.17, 15) is 19.5 Å². The molecule has 2 N–H and O–H groups in total. The molecule has 1 aromatic carbocycles. The van der Waals surface area contributed by atoms with Crippen LogP contribution in [-0.4, -0.2) is 33.1 Å². The molecule has 0 radical (unpaired) electrons. The first-order valence-corrected chi connectivity index (χ1v) is 8.68. The third kappa shape index (κ3) is 3.50. The van der Waals surface area contributed by atoms with Crippen molar-refractivity contribution in [1.82, 2.24) is 9.55 Å². The van der Waals surface area contributed by atoms with E-state index in [0.717, 1.165) is 22.4 Å². The van der Waals surface area contributed by atoms with Crippen LogP contribution in [0.15, 0.2) is 52.2 Å². The Morgan fingerprint density at radius 3 is 2.57 bits per heavy atom. The van der Waals surface area contributed by atoms with Gasteiger partial charge in [0.25, 0.3) is 5.56 Å². The molecule has 2 heterocycles. The maximum absolute atomic E-state index is 15.4. The van der Waals surface area contributed by atoms with Gasteiger partial charge in [-0.05, 0) is 5.56 Å². The number of nitrogens with zero attached hydrogens (tertiary/aromatic N) is 1. The molecular formula is C19H21FN2O6. The average molecular weight is 392 g/mol. The molecule has 3 atom stereocenters. The van der Waals surface area contributed by atoms with Gasteiger partial charge in [0.1, 0.15) is 25.4 Å². The van der Waals surface area contributed by atoms with Crippen LogP contribution in [0.2, 0.25) is 0 Å². The van der Waals surface area contributed by atoms with Crippen molar-refractivity contribution < 1.29 is 23.8 Å². The fraction of sp³-hybridized carbons (Fsp3) is 0.421. The molecule has 1 saturated heterocycles. The molecule has 8 nitrogen and oxygen atoms in total. The van der Waals surface area contributed by atoms with Crippen LogP contribution in [0.1, 0.15) is 25.6 Å². The minimum atomic E-state index is -2.75. The summed E-state index contributed by atoms with van der Waals surface area (Å²) in [5.74, 6) is -5.15. The second kappa shape index (κ2) is 7.33. The molecule has 0 amide bonds. The molecule has 3 rings (SSSR count). The molecule has 0 aliphatic carbocycles. The number of benzene rings is 1. The van der Waals surface area contributed by atoms with Crippen molar-refractivity contribution in [2.24, 2.45) is 11.3 Å². The van der Waals surface area contributed by atoms with Gasteiger partial charge in [0.15, 0.2) is 0 Å². The largest absolute Gasteiger partial charge is 0.460 e. The van der Waals surface area contributed by atoms with Crippen LogP contribution in [-0.2, 0) is 20.9 Å². The Labute approximate surface area is 159 Å². The van der Waals surface area contributed by atoms with Gasteiger partial charge in [-0.15, -0.1) is 0 Å². The van der Waals surface area contributed by atoms with Crippen LogP contribution in [0, 0.1) is 11.3 Å². The zero-order valence-corrected chi connectivity index (χ0v) is 15.4. The molecule has 1 aliphatic heterocycles. The van der Waals surface area contributed by atoms with Gasteiger partial charge in [0.2, 0.25) is 5.85 Å². The summed E-state index contributed by atoms with van der Waals surface area (Å²) >= 11 is 0. The summed E-state index contributed by atoms with van der Waals surface area (Å²) in [6, 6.07) is 9.95. The lowest BCUT2D eigenvalue weighted by molar-refractivity contribution is -0.203. The van der Waals surface area contributed by atoms with Crippen LogP contribution < -0.4 is 11.2 Å². The number of carbonyl (C=O) groups is 1. The van der Waals surface area contributed by atoms with E-state index in [-0.39, 0.29) is 6.61 Å². The average Bonchev–Trinajstić information content (AvgIpc) is 2.87. The third-order valence-electron chi connectivity index (χ3n) is 4.90. The predicted molar refractivity (Wildman–Crippen MR) is 95.9 cm³/mol. The molecule has 1 fully saturated rings. The number of hydrogen-bond acceptors (Lipinski definition) is 6. The molecule has 0 saturated carbocycles. The highest BCUT2D eigenvalue weighted by Crippen LogP contribution is 2.54. The van der Waals surface area contributed by atoms with Crippen LogP contribution in [0.25, 0.3) is 0 Å². The van der Waals surface area contributed by atoms with Crippen molar-refractivity contribution in [1.29, 1.82) is 0 Å². The van der Waals surface area contributed by atoms with Crippen LogP contribution in [0.5, 0.6) is 0 Å². The molecule has 1 aromatic heterocycles. The van der Waals surface area contributed by atoms with Gasteiger partial charge < -0.3 is 14.6 Å². The Balaban J connectivity index is 1.91. The number of nitrogens with one attached hydrogen (secondary N) is 1. The van der Waals surface area contributed by atoms with E-state index in [0.29, 0.717) is 0 Å². The number of H-pyrrole nitrogens is 1. The lowest BCUT2D eigenvalue weighted by atomic mass is 9.76. The van der Waals surface area contributed by atoms with Gasteiger partial charge in [-0.2, -0.15) is 0 Å². The number of hydrogen-bond donors (Lipinski definition) is 2. The summed E-state index contributed by atoms with van der Waals surface area (Å²) in [6.45, 7) is 1.88. The van der Waals surface area contributed by atoms with Gasteiger partial charge in [-0.1, -0.05) is 44.2 Å². The fourth-order valence-corrected chi connectivity index (χ4v) is 3.55. The number of aromatic nitrogens is 2. The third-order valence-corrected chi connectivity index (χ3v) is 4.90. The molecule has 1 unspecified atom stereocenters. The van der Waals surface area contributed by atoms with Crippen LogP contribution in [0.4, 0.5) is 4.39 Å². The Morgan fingerprint density at radius 1 is 1.29 bits per heavy atom. The summed E-state index contributed by atoms with van der Waals surface area (Å²) in [7, 11) is 0. The number of rotatable bonds is 5. The highest BCUT2D eigenvalue weighted by Gasteiger charge is 2.65. The molecule has 0 spiro atoms. The molecular weight excluding hydrogens is 371 g/mol. The summed E-state index contributed by atoms with van der Waals surface area (Å²) in [5, 5.41) is 9.59. The quantitative estimate of drug-likeness (QED) is 0.738. The Bertz CT molecular complexity index is 970. The summed E-state index contributed by atoms with van der Waals surface area (Å²) in [6.07, 6.45) is -0.0912. The SMILES string of the molecule is CC1(C)C(C(=O)OCc2ccccc2)[C@@](F)(CO)O[C@H]1n1ccc(=O)[nH]c1=O. The topological polar surface area (TPSA) is 111 Å². The van der Waals surface area contributed by atoms with Crippen molar-refractivity contribution in [3.63, 3.8) is 0 Å². The van der Waals surface area contributed by atoms with Crippen LogP contribution >= 0.6 is 0 Å². The highest BCUT2D eigenvalue weighted by atomic mass is 19.2. The smallest absolute Gasteiger partial charge is 0.330 e. The second-order valence-electron chi connectivity index (χ2n) is 7.28. The number of ether oxygens (including phenoxy) is 2. The normalized spacial score (nSPS) is 26.1. The van der Waals surface area contributed by atoms with Crippen molar-refractivity contribution in [2.75, 3.05) is 6.61 Å². The number of esters is 1. The van der Waals surface area contributed by atoms with E-state index >= 15 is 4.39 Å². The molecule has 2 aromatic rings. The van der Waals surface area contributed by atoms with E-state index in [2.05, 4.69) is 4.98 Å². The van der Waals surface area contributed by atoms with Crippen LogP contribution in [0.3, 0.4) is 0 Å². The molecule has 150 valence electrons. The zero-order valence-electron chi connectivity index (χ0n) is 15.4. The maximum Gasteiger partial charge on any atom is 0.330 e. The van der Waals surface area contributed by atoms with Gasteiger partial charge in [-0.25, -0.2) is 9.18 Å². The lowest BCUT2D eigenvalue weighted by Gasteiger charge is -2.30. The van der Waals surface area contributed by atoms with E-state index < -0.39 is 47.2 Å². The second-order valence-corrected chi connectivity index (χ2v) is 7.28. The van der Waals surface area contributed by atoms with Crippen molar-refractivity contribution >= 4 is 5.97 Å². The minimum absolute atomic E-state index is 0.0724. The minimum Gasteiger partial charge on any atom is -0.460 e. The van der Waals surface area contributed by atoms with Crippen molar-refractivity contribution in [2.45, 2.75) is 32.5 Å². The van der Waals surface area contributed by atoms with Gasteiger partial charge in [0.05, 0.1) is 0 Å². The summed E-state index contributed by atoms with van der Waals surface area (Å²) < 4.78 is 26.9. The fourth-order valence-electron chi connectivity index (χ4n) is 3.55. The van der Waals surface area contributed by atoms with E-state index in [1.54, 1.807) is 24.3 Å². The summed E-state index contributed by atoms with van der Waals surface area (Å²) in [4.78, 5) is 38.2. The number of aliphatic hydroxyl groups is 1. The highest BCUT2D eigenvalue weighted by molar-refractivity contribution is 5.75. The standard InChI is InChI=1S/C19H21FN2O6/c1-18(2)14(15(25)27-10-12-6-4-3-5-7-12)19(20,11-23)28-16(18)22-9-8-13(24)21-17(22)26/h3-9,14,16,23H,10-11H2,1-2H3,(H,21,24,26)/t14?,16-,19-/m1/s1. The number of halogens is 1. The first-order valence-electron chi connectivity index (χ1n) is 8.68. The Morgan fingerprint density at radius 2 is 1.96 bits per heavy atom. The number of aromatic amines is 1. The zero-order chi connectivity index (χ0) is 20.5. The first-order chi connectivity index (χ1) is 13.2. The maximum atomic E-state index is 15.4. The monoisotopic (exact) mass is 392 g/mol. The van der Waals surface area contributed by atoms with E-state index in [4.69, 9.17) is 9.47 Å². The number of aliphatic hydroxyl groups excluding tert-OH is 1. The Hall–Kier alpha value is -2.78. The van der Waals surface area contributed by atoms with Gasteiger partial charge in [0, 0.05) is 17.7 Å². The van der Waals surface area contributed by atoms with Gasteiger partial charge in [-0.3, -0.25) is 19.1 Å². The molecule has 28 heavy (non-hydrogen) atoms. The number of carbonyl (C=O) groups excluding carboxylic acids is 1. The van der Waals surface area contributed by atoms with E-state index in [1.165, 1.54) is 13.8 Å². The number of alkyl halides is 1. The van der Waals surface area contributed by atoms with Gasteiger partial charge >= 0.3 is 11.7 Å². The van der Waals surface area contributed by atoms with E-state index in [1.807, 2.05) is 6.07 Å². The predicted octanol–water partition coefficient (Wildman–Crippen LogP) is 1.11. The summed E-state index contributed by atoms with van der Waals surface area (Å²) in [5.41, 5.74) is -1.99. The lowest BCUT2D eigenvalue weighted by Crippen LogP contribution is -2.44. The Kier molecular flexibility index (Phi) is 5.22.